The van der Waals surface area contributed by atoms with Crippen molar-refractivity contribution in [3.63, 3.8) is 0 Å². The molecule has 2 aromatic rings. The Bertz CT molecular complexity index is 1150. The molecule has 8 nitrogen and oxygen atoms in total. The predicted molar refractivity (Wildman–Crippen MR) is 130 cm³/mol. The van der Waals surface area contributed by atoms with Crippen LogP contribution in [0.1, 0.15) is 59.8 Å². The Labute approximate surface area is 209 Å². The number of nitrogens with zero attached hydrogens (tertiary/aromatic N) is 3. The number of likely N-dealkylation sites (tertiary alicyclic amines) is 1. The van der Waals surface area contributed by atoms with Gasteiger partial charge in [-0.2, -0.15) is 0 Å². The second-order valence-corrected chi connectivity index (χ2v) is 10.3. The Hall–Kier alpha value is -2.69. The molecule has 10 heteroatoms. The molecule has 2 saturated heterocycles. The number of hydrogen-bond acceptors (Lipinski definition) is 7. The molecule has 1 aromatic heterocycles. The third-order valence-corrected chi connectivity index (χ3v) is 7.23. The summed E-state index contributed by atoms with van der Waals surface area (Å²) in [6, 6.07) is 5.03. The van der Waals surface area contributed by atoms with Crippen molar-refractivity contribution in [1.29, 1.82) is 0 Å². The lowest BCUT2D eigenvalue weighted by Crippen LogP contribution is -2.48. The molecule has 2 aliphatic heterocycles. The van der Waals surface area contributed by atoms with Crippen LogP contribution in [0.5, 0.6) is 0 Å². The summed E-state index contributed by atoms with van der Waals surface area (Å²) in [4.78, 5) is 24.4. The van der Waals surface area contributed by atoms with E-state index in [9.17, 15) is 13.6 Å². The van der Waals surface area contributed by atoms with Crippen LogP contribution in [0.15, 0.2) is 18.2 Å². The van der Waals surface area contributed by atoms with Gasteiger partial charge in [-0.15, -0.1) is 0 Å². The van der Waals surface area contributed by atoms with Crippen LogP contribution < -0.4 is 10.6 Å². The molecular formula is C26H33F2N5O3. The van der Waals surface area contributed by atoms with E-state index in [0.29, 0.717) is 54.6 Å². The van der Waals surface area contributed by atoms with Gasteiger partial charge in [0.05, 0.1) is 36.4 Å². The molecule has 1 amide bonds. The number of alkyl halides is 2. The fraction of sp³-hybridized carbons (Fsp3) is 0.577. The monoisotopic (exact) mass is 501 g/mol. The number of halogens is 2. The summed E-state index contributed by atoms with van der Waals surface area (Å²) in [5.74, 6) is -1.93. The van der Waals surface area contributed by atoms with E-state index in [1.807, 2.05) is 13.1 Å². The van der Waals surface area contributed by atoms with Gasteiger partial charge in [0.25, 0.3) is 5.92 Å². The van der Waals surface area contributed by atoms with Gasteiger partial charge in [-0.3, -0.25) is 4.79 Å². The minimum absolute atomic E-state index is 0.0584. The van der Waals surface area contributed by atoms with E-state index in [4.69, 9.17) is 9.47 Å². The third-order valence-electron chi connectivity index (χ3n) is 7.23. The lowest BCUT2D eigenvalue weighted by atomic mass is 10.0. The summed E-state index contributed by atoms with van der Waals surface area (Å²) in [6.07, 6.45) is 0.407. The normalized spacial score (nSPS) is 23.7. The van der Waals surface area contributed by atoms with Crippen LogP contribution in [0.4, 0.5) is 14.6 Å². The maximum Gasteiger partial charge on any atom is 0.273 e. The summed E-state index contributed by atoms with van der Waals surface area (Å²) in [5.41, 5.74) is 2.43. The molecule has 0 radical (unpaired) electrons. The van der Waals surface area contributed by atoms with Crippen molar-refractivity contribution < 1.29 is 23.0 Å². The first-order chi connectivity index (χ1) is 17.1. The number of ether oxygens (including phenoxy) is 2. The summed E-state index contributed by atoms with van der Waals surface area (Å²) in [6.45, 7) is 6.70. The minimum Gasteiger partial charge on any atom is -0.365 e. The fourth-order valence-corrected chi connectivity index (χ4v) is 5.54. The van der Waals surface area contributed by atoms with E-state index in [-0.39, 0.29) is 29.9 Å². The maximum absolute atomic E-state index is 14.3. The quantitative estimate of drug-likeness (QED) is 0.602. The molecule has 194 valence electrons. The van der Waals surface area contributed by atoms with Gasteiger partial charge in [-0.25, -0.2) is 18.7 Å². The highest BCUT2D eigenvalue weighted by Crippen LogP contribution is 2.43. The standard InChI is InChI=1S/C26H33F2N5O3/c1-16-30-20(13-21(34)32-25(2)9-10-33(3)15-25)22(24-35-11-12-36-24)23(31-16)29-14-17-5-4-6-19-18(17)7-8-26(19,27)28/h4-6,24H,7-15H2,1-3H3,(H,32,34)(H,29,30,31). The van der Waals surface area contributed by atoms with Gasteiger partial charge in [-0.1, -0.05) is 18.2 Å². The van der Waals surface area contributed by atoms with Crippen LogP contribution in [0.2, 0.25) is 0 Å². The number of aromatic nitrogens is 2. The molecule has 0 bridgehead atoms. The smallest absolute Gasteiger partial charge is 0.273 e. The highest BCUT2D eigenvalue weighted by atomic mass is 19.3. The topological polar surface area (TPSA) is 88.6 Å². The molecule has 5 rings (SSSR count). The average molecular weight is 502 g/mol. The first-order valence-electron chi connectivity index (χ1n) is 12.5. The Morgan fingerprint density at radius 2 is 2.00 bits per heavy atom. The van der Waals surface area contributed by atoms with Crippen LogP contribution in [-0.4, -0.2) is 59.7 Å². The van der Waals surface area contributed by atoms with Crippen molar-refractivity contribution in [3.05, 3.63) is 52.0 Å². The van der Waals surface area contributed by atoms with Gasteiger partial charge >= 0.3 is 0 Å². The molecule has 2 fully saturated rings. The summed E-state index contributed by atoms with van der Waals surface area (Å²) >= 11 is 0. The Morgan fingerprint density at radius 1 is 1.22 bits per heavy atom. The second-order valence-electron chi connectivity index (χ2n) is 10.3. The molecule has 1 aliphatic carbocycles. The lowest BCUT2D eigenvalue weighted by Gasteiger charge is -2.26. The number of anilines is 1. The molecule has 3 heterocycles. The molecular weight excluding hydrogens is 468 g/mol. The van der Waals surface area contributed by atoms with Crippen LogP contribution >= 0.6 is 0 Å². The van der Waals surface area contributed by atoms with E-state index in [1.54, 1.807) is 13.0 Å². The zero-order valence-corrected chi connectivity index (χ0v) is 21.0. The molecule has 2 N–H and O–H groups in total. The van der Waals surface area contributed by atoms with E-state index < -0.39 is 12.2 Å². The Kier molecular flexibility index (Phi) is 6.69. The van der Waals surface area contributed by atoms with Gasteiger partial charge in [0.15, 0.2) is 6.29 Å². The predicted octanol–water partition coefficient (Wildman–Crippen LogP) is 3.23. The Balaban J connectivity index is 1.40. The number of carbonyl (C=O) groups is 1. The van der Waals surface area contributed by atoms with Gasteiger partial charge in [0, 0.05) is 31.6 Å². The summed E-state index contributed by atoms with van der Waals surface area (Å²) in [5, 5.41) is 6.48. The number of hydrogen-bond donors (Lipinski definition) is 2. The highest BCUT2D eigenvalue weighted by Gasteiger charge is 2.40. The van der Waals surface area contributed by atoms with E-state index in [1.165, 1.54) is 6.07 Å². The number of aryl methyl sites for hydroxylation is 1. The zero-order valence-electron chi connectivity index (χ0n) is 21.0. The van der Waals surface area contributed by atoms with Crippen molar-refractivity contribution in [1.82, 2.24) is 20.2 Å². The number of fused-ring (bicyclic) bond motifs is 1. The van der Waals surface area contributed by atoms with Gasteiger partial charge in [0.1, 0.15) is 11.6 Å². The molecule has 1 atom stereocenters. The summed E-state index contributed by atoms with van der Waals surface area (Å²) in [7, 11) is 2.04. The van der Waals surface area contributed by atoms with Crippen molar-refractivity contribution >= 4 is 11.7 Å². The SMILES string of the molecule is Cc1nc(CC(=O)NC2(C)CCN(C)C2)c(C2OCCO2)c(NCc2cccc3c2CCC3(F)F)n1. The molecule has 3 aliphatic rings. The summed E-state index contributed by atoms with van der Waals surface area (Å²) < 4.78 is 40.1. The van der Waals surface area contributed by atoms with E-state index in [2.05, 4.69) is 32.4 Å². The molecule has 1 unspecified atom stereocenters. The lowest BCUT2D eigenvalue weighted by molar-refractivity contribution is -0.122. The second kappa shape index (κ2) is 9.64. The molecule has 36 heavy (non-hydrogen) atoms. The fourth-order valence-electron chi connectivity index (χ4n) is 5.54. The minimum atomic E-state index is -2.79. The van der Waals surface area contributed by atoms with E-state index >= 15 is 0 Å². The van der Waals surface area contributed by atoms with Gasteiger partial charge < -0.3 is 25.0 Å². The first kappa shape index (κ1) is 25.0. The van der Waals surface area contributed by atoms with Crippen molar-refractivity contribution in [2.24, 2.45) is 0 Å². The Morgan fingerprint density at radius 3 is 2.72 bits per heavy atom. The molecule has 0 saturated carbocycles. The zero-order chi connectivity index (χ0) is 25.5. The largest absolute Gasteiger partial charge is 0.365 e. The first-order valence-corrected chi connectivity index (χ1v) is 12.5. The number of rotatable bonds is 7. The van der Waals surface area contributed by atoms with E-state index in [0.717, 1.165) is 25.1 Å². The van der Waals surface area contributed by atoms with Crippen LogP contribution in [0, 0.1) is 6.92 Å². The highest BCUT2D eigenvalue weighted by molar-refractivity contribution is 5.79. The number of amides is 1. The third kappa shape index (κ3) is 5.07. The molecule has 1 aromatic carbocycles. The van der Waals surface area contributed by atoms with Crippen LogP contribution in [0.25, 0.3) is 0 Å². The van der Waals surface area contributed by atoms with Crippen molar-refractivity contribution in [3.8, 4) is 0 Å². The van der Waals surface area contributed by atoms with Crippen molar-refractivity contribution in [2.75, 3.05) is 38.7 Å². The van der Waals surface area contributed by atoms with Crippen LogP contribution in [0.3, 0.4) is 0 Å². The molecule has 0 spiro atoms. The van der Waals surface area contributed by atoms with Gasteiger partial charge in [0.2, 0.25) is 5.91 Å². The maximum atomic E-state index is 14.3. The average Bonchev–Trinajstić information content (AvgIpc) is 3.52. The number of carbonyl (C=O) groups excluding carboxylic acids is 1. The number of benzene rings is 1. The number of nitrogens with one attached hydrogen (secondary N) is 2. The van der Waals surface area contributed by atoms with Crippen molar-refractivity contribution in [2.45, 2.75) is 63.8 Å². The van der Waals surface area contributed by atoms with Gasteiger partial charge in [-0.05, 0) is 44.9 Å². The van der Waals surface area contributed by atoms with Crippen LogP contribution in [-0.2, 0) is 39.6 Å². The number of likely N-dealkylation sites (N-methyl/N-ethyl adjacent to an activating group) is 1.